The van der Waals surface area contributed by atoms with Gasteiger partial charge in [-0.1, -0.05) is 29.8 Å². The molecule has 2 N–H and O–H groups in total. The van der Waals surface area contributed by atoms with Gasteiger partial charge in [-0.2, -0.15) is 4.99 Å². The number of piperidine rings is 1. The number of aliphatic imine (C=N–C) groups is 2. The van der Waals surface area contributed by atoms with Crippen LogP contribution in [0.1, 0.15) is 17.9 Å². The summed E-state index contributed by atoms with van der Waals surface area (Å²) in [4.78, 5) is 35.9. The van der Waals surface area contributed by atoms with Gasteiger partial charge >= 0.3 is 0 Å². The average molecular weight is 524 g/mol. The third kappa shape index (κ3) is 4.82. The number of nitrogens with zero attached hydrogens (tertiary/aromatic N) is 3. The Morgan fingerprint density at radius 2 is 1.89 bits per heavy atom. The third-order valence-electron chi connectivity index (χ3n) is 6.40. The maximum absolute atomic E-state index is 13.5. The second-order valence-electron chi connectivity index (χ2n) is 8.45. The molecule has 1 aromatic rings. The lowest BCUT2D eigenvalue weighted by molar-refractivity contribution is -0.129. The molecule has 35 heavy (non-hydrogen) atoms. The molecule has 0 spiro atoms. The number of amidine groups is 1. The van der Waals surface area contributed by atoms with Crippen LogP contribution in [-0.4, -0.2) is 81.6 Å². The molecule has 10 nitrogen and oxygen atoms in total. The Kier molecular flexibility index (Phi) is 7.53. The second-order valence-corrected chi connectivity index (χ2v) is 9.20. The van der Waals surface area contributed by atoms with Crippen LogP contribution >= 0.6 is 23.2 Å². The van der Waals surface area contributed by atoms with E-state index in [-0.39, 0.29) is 39.9 Å². The SMILES string of the molecule is C=CC(=O)NC1COC[C@@H]1NC1=NCC2CC(c3c(Cl)c(OC)cc(OC)c3Cl)C(=O)N(C)C2=N1. The van der Waals surface area contributed by atoms with Crippen molar-refractivity contribution in [2.75, 3.05) is 41.0 Å². The van der Waals surface area contributed by atoms with E-state index < -0.39 is 5.92 Å². The fraction of sp³-hybridized carbons (Fsp3) is 0.478. The number of nitrogens with one attached hydrogen (secondary N) is 2. The van der Waals surface area contributed by atoms with Crippen molar-refractivity contribution in [3.05, 3.63) is 34.3 Å². The summed E-state index contributed by atoms with van der Waals surface area (Å²) in [6.45, 7) is 4.65. The molecular weight excluding hydrogens is 497 g/mol. The molecule has 1 aromatic carbocycles. The third-order valence-corrected chi connectivity index (χ3v) is 7.18. The molecule has 4 atom stereocenters. The number of guanidine groups is 1. The first-order valence-corrected chi connectivity index (χ1v) is 11.8. The highest BCUT2D eigenvalue weighted by atomic mass is 35.5. The van der Waals surface area contributed by atoms with Crippen molar-refractivity contribution < 1.29 is 23.8 Å². The van der Waals surface area contributed by atoms with Crippen LogP contribution in [0.15, 0.2) is 28.7 Å². The van der Waals surface area contributed by atoms with Crippen molar-refractivity contribution in [3.63, 3.8) is 0 Å². The Bertz CT molecular complexity index is 1080. The van der Waals surface area contributed by atoms with Crippen LogP contribution in [0.2, 0.25) is 10.0 Å². The summed E-state index contributed by atoms with van der Waals surface area (Å²) in [6.07, 6.45) is 1.65. The number of benzene rings is 1. The van der Waals surface area contributed by atoms with E-state index in [1.165, 1.54) is 25.2 Å². The molecule has 3 aliphatic heterocycles. The van der Waals surface area contributed by atoms with E-state index in [1.54, 1.807) is 13.1 Å². The maximum Gasteiger partial charge on any atom is 0.243 e. The predicted molar refractivity (Wildman–Crippen MR) is 133 cm³/mol. The minimum Gasteiger partial charge on any atom is -0.495 e. The van der Waals surface area contributed by atoms with E-state index in [2.05, 4.69) is 27.2 Å². The van der Waals surface area contributed by atoms with Crippen LogP contribution in [0.4, 0.5) is 0 Å². The van der Waals surface area contributed by atoms with Crippen molar-refractivity contribution in [1.29, 1.82) is 0 Å². The van der Waals surface area contributed by atoms with Crippen LogP contribution in [0.25, 0.3) is 0 Å². The second kappa shape index (κ2) is 10.4. The van der Waals surface area contributed by atoms with E-state index >= 15 is 0 Å². The number of carbonyl (C=O) groups excluding carboxylic acids is 2. The summed E-state index contributed by atoms with van der Waals surface area (Å²) < 4.78 is 16.2. The molecule has 2 amide bonds. The first-order valence-electron chi connectivity index (χ1n) is 11.1. The molecule has 3 aliphatic rings. The zero-order chi connectivity index (χ0) is 25.3. The predicted octanol–water partition coefficient (Wildman–Crippen LogP) is 2.00. The summed E-state index contributed by atoms with van der Waals surface area (Å²) in [5.41, 5.74) is 0.470. The summed E-state index contributed by atoms with van der Waals surface area (Å²) in [6, 6.07) is 1.14. The number of hydrogen-bond donors (Lipinski definition) is 2. The molecule has 2 fully saturated rings. The van der Waals surface area contributed by atoms with Crippen molar-refractivity contribution in [3.8, 4) is 11.5 Å². The zero-order valence-corrected chi connectivity index (χ0v) is 21.2. The van der Waals surface area contributed by atoms with E-state index in [9.17, 15) is 9.59 Å². The van der Waals surface area contributed by atoms with Crippen LogP contribution < -0.4 is 20.1 Å². The average Bonchev–Trinajstić information content (AvgIpc) is 3.28. The molecule has 12 heteroatoms. The van der Waals surface area contributed by atoms with Crippen molar-refractivity contribution >= 4 is 46.8 Å². The largest absolute Gasteiger partial charge is 0.495 e. The number of rotatable bonds is 6. The van der Waals surface area contributed by atoms with Gasteiger partial charge in [-0.3, -0.25) is 14.6 Å². The fourth-order valence-electron chi connectivity index (χ4n) is 4.55. The van der Waals surface area contributed by atoms with Gasteiger partial charge in [0.25, 0.3) is 0 Å². The lowest BCUT2D eigenvalue weighted by Crippen LogP contribution is -2.53. The molecule has 188 valence electrons. The van der Waals surface area contributed by atoms with Gasteiger partial charge in [0.1, 0.15) is 17.3 Å². The molecule has 0 radical (unpaired) electrons. The number of carbonyl (C=O) groups is 2. The van der Waals surface area contributed by atoms with Gasteiger partial charge in [0.2, 0.25) is 17.8 Å². The normalized spacial score (nSPS) is 25.9. The minimum absolute atomic E-state index is 0.117. The monoisotopic (exact) mass is 523 g/mol. The number of halogens is 2. The maximum atomic E-state index is 13.5. The Morgan fingerprint density at radius 3 is 2.51 bits per heavy atom. The first-order chi connectivity index (χ1) is 16.8. The van der Waals surface area contributed by atoms with Crippen LogP contribution in [0.5, 0.6) is 11.5 Å². The van der Waals surface area contributed by atoms with Crippen molar-refractivity contribution in [2.45, 2.75) is 24.4 Å². The number of hydrogen-bond acceptors (Lipinski definition) is 8. The number of amides is 2. The summed E-state index contributed by atoms with van der Waals surface area (Å²) >= 11 is 13.2. The zero-order valence-electron chi connectivity index (χ0n) is 19.6. The highest BCUT2D eigenvalue weighted by Crippen LogP contribution is 2.47. The number of likely N-dealkylation sites (tertiary alicyclic amines) is 1. The Hall–Kier alpha value is -2.82. The topological polar surface area (TPSA) is 114 Å². The van der Waals surface area contributed by atoms with Gasteiger partial charge in [0.15, 0.2) is 0 Å². The fourth-order valence-corrected chi connectivity index (χ4v) is 5.31. The standard InChI is InChI=1S/C23H27Cl2N5O5/c1-5-17(31)27-13-9-35-10-14(13)28-23-26-8-11-6-12(22(32)30(2)21(11)29-23)18-19(24)15(33-3)7-16(34-4)20(18)25/h5,7,11-14H,1,6,8-10H2,2-4H3,(H,26,28)(H,27,31)/t11?,12?,13?,14-/m0/s1. The highest BCUT2D eigenvalue weighted by molar-refractivity contribution is 6.38. The summed E-state index contributed by atoms with van der Waals surface area (Å²) in [5, 5.41) is 6.63. The smallest absolute Gasteiger partial charge is 0.243 e. The Morgan fingerprint density at radius 1 is 1.23 bits per heavy atom. The number of likely N-dealkylation sites (N-methyl/N-ethyl adjacent to an activating group) is 1. The molecule has 4 rings (SSSR count). The molecule has 0 saturated carbocycles. The molecule has 0 aliphatic carbocycles. The van der Waals surface area contributed by atoms with Crippen LogP contribution in [0, 0.1) is 5.92 Å². The van der Waals surface area contributed by atoms with E-state index in [1.807, 2.05) is 0 Å². The van der Waals surface area contributed by atoms with Gasteiger partial charge < -0.3 is 29.7 Å². The van der Waals surface area contributed by atoms with Gasteiger partial charge in [-0.05, 0) is 12.5 Å². The first kappa shape index (κ1) is 25.3. The molecule has 3 unspecified atom stereocenters. The Labute approximate surface area is 213 Å². The lowest BCUT2D eigenvalue weighted by Gasteiger charge is -2.38. The number of fused-ring (bicyclic) bond motifs is 1. The van der Waals surface area contributed by atoms with Crippen molar-refractivity contribution in [2.24, 2.45) is 15.9 Å². The highest BCUT2D eigenvalue weighted by Gasteiger charge is 2.42. The van der Waals surface area contributed by atoms with E-state index in [0.717, 1.165) is 0 Å². The van der Waals surface area contributed by atoms with Gasteiger partial charge in [0.05, 0.1) is 62.0 Å². The quantitative estimate of drug-likeness (QED) is 0.551. The molecule has 2 saturated heterocycles. The van der Waals surface area contributed by atoms with Gasteiger partial charge in [-0.25, -0.2) is 0 Å². The summed E-state index contributed by atoms with van der Waals surface area (Å²) in [5.74, 6) is 0.553. The van der Waals surface area contributed by atoms with Crippen LogP contribution in [-0.2, 0) is 14.3 Å². The number of methoxy groups -OCH3 is 2. The van der Waals surface area contributed by atoms with Gasteiger partial charge in [-0.15, -0.1) is 0 Å². The van der Waals surface area contributed by atoms with E-state index in [0.29, 0.717) is 55.0 Å². The minimum atomic E-state index is -0.612. The molecule has 0 bridgehead atoms. The molecular formula is C23H27Cl2N5O5. The summed E-state index contributed by atoms with van der Waals surface area (Å²) in [7, 11) is 4.66. The van der Waals surface area contributed by atoms with Crippen LogP contribution in [0.3, 0.4) is 0 Å². The molecule has 0 aromatic heterocycles. The van der Waals surface area contributed by atoms with E-state index in [4.69, 9.17) is 37.4 Å². The Balaban J connectivity index is 1.55. The number of ether oxygens (including phenoxy) is 3. The van der Waals surface area contributed by atoms with Crippen molar-refractivity contribution in [1.82, 2.24) is 15.5 Å². The molecule has 3 heterocycles. The lowest BCUT2D eigenvalue weighted by atomic mass is 9.82. The van der Waals surface area contributed by atoms with Gasteiger partial charge in [0, 0.05) is 24.6 Å².